The number of nitrogens with one attached hydrogen (secondary N) is 4. The zero-order valence-electron chi connectivity index (χ0n) is 38.3. The Kier molecular flexibility index (Phi) is 14.9. The third-order valence-electron chi connectivity index (χ3n) is 10.9. The number of anilines is 6. The maximum absolute atomic E-state index is 14.3. The van der Waals surface area contributed by atoms with Gasteiger partial charge >= 0.3 is 18.2 Å². The Labute approximate surface area is 411 Å². The Bertz CT molecular complexity index is 3290. The number of urea groups is 2. The van der Waals surface area contributed by atoms with Gasteiger partial charge in [0, 0.05) is 85.3 Å². The van der Waals surface area contributed by atoms with Crippen LogP contribution in [0.4, 0.5) is 70.3 Å². The number of hydrogen-bond donors (Lipinski definition) is 4. The van der Waals surface area contributed by atoms with Gasteiger partial charge in [0.1, 0.15) is 52.1 Å². The molecule has 73 heavy (non-hydrogen) atoms. The monoisotopic (exact) mass is 1000 g/mol. The molecule has 0 unspecified atom stereocenters. The van der Waals surface area contributed by atoms with Crippen LogP contribution in [0.1, 0.15) is 5.56 Å². The summed E-state index contributed by atoms with van der Waals surface area (Å²) in [5.74, 6) is 0.773. The Balaban J connectivity index is 0.000000180. The van der Waals surface area contributed by atoms with Gasteiger partial charge < -0.3 is 50.0 Å². The lowest BCUT2D eigenvalue weighted by Crippen LogP contribution is -2.36. The largest absolute Gasteiger partial charge is 0.457 e. The molecule has 2 fully saturated rings. The van der Waals surface area contributed by atoms with Crippen molar-refractivity contribution in [3.8, 4) is 23.0 Å². The molecule has 0 spiro atoms. The first kappa shape index (κ1) is 49.2. The highest BCUT2D eigenvalue weighted by atomic mass is 19.4. The number of carbonyl (C=O) groups is 2. The number of nitrogens with zero attached hydrogens (tertiary/aromatic N) is 6. The summed E-state index contributed by atoms with van der Waals surface area (Å²) in [6.07, 6.45) is -1.13. The van der Waals surface area contributed by atoms with Crippen LogP contribution in [0.3, 0.4) is 0 Å². The first-order valence-corrected chi connectivity index (χ1v) is 22.5. The normalized spacial score (nSPS) is 13.7. The minimum Gasteiger partial charge on any atom is -0.457 e. The number of benzene rings is 6. The van der Waals surface area contributed by atoms with E-state index in [9.17, 15) is 35.9 Å². The number of aromatic nitrogens is 4. The first-order chi connectivity index (χ1) is 35.2. The van der Waals surface area contributed by atoms with Crippen LogP contribution in [0.25, 0.3) is 22.1 Å². The zero-order chi connectivity index (χ0) is 50.9. The van der Waals surface area contributed by atoms with Crippen molar-refractivity contribution < 1.29 is 54.9 Å². The number of rotatable bonds is 10. The molecule has 2 aliphatic heterocycles. The van der Waals surface area contributed by atoms with E-state index in [0.717, 1.165) is 49.2 Å². The topological polar surface area (TPSA) is 177 Å². The highest BCUT2D eigenvalue weighted by Crippen LogP contribution is 2.33. The molecule has 6 aromatic carbocycles. The van der Waals surface area contributed by atoms with Gasteiger partial charge in [-0.2, -0.15) is 13.2 Å². The van der Waals surface area contributed by atoms with E-state index in [1.54, 1.807) is 48.8 Å². The average Bonchev–Trinajstić information content (AvgIpc) is 3.36. The Morgan fingerprint density at radius 2 is 0.918 bits per heavy atom. The second-order valence-corrected chi connectivity index (χ2v) is 16.3. The number of ether oxygens (including phenoxy) is 4. The number of carbonyl (C=O) groups excluding carboxylic acids is 2. The summed E-state index contributed by atoms with van der Waals surface area (Å²) in [7, 11) is 0. The summed E-state index contributed by atoms with van der Waals surface area (Å²) in [5.41, 5.74) is 2.07. The number of halogens is 6. The Morgan fingerprint density at radius 3 is 1.38 bits per heavy atom. The number of fused-ring (bicyclic) bond motifs is 2. The van der Waals surface area contributed by atoms with Crippen molar-refractivity contribution in [2.45, 2.75) is 6.18 Å². The lowest BCUT2D eigenvalue weighted by atomic mass is 10.2. The fraction of sp³-hybridized carbons (Fsp3) is 0.176. The zero-order valence-corrected chi connectivity index (χ0v) is 38.3. The molecule has 0 bridgehead atoms. The van der Waals surface area contributed by atoms with E-state index in [0.29, 0.717) is 78.9 Å². The SMILES string of the molecule is O=C(Nc1cc(F)cc(Oc2ccc3ncc(N4CCOCC4)nc3c2)c1)Nc1cccc(C(F)(F)F)c1.O=C(Nc1cccc(F)c1)Nc1cc(F)cc(Oc2ccc3ncc(N4CCOCC4)nc3c2)c1. The summed E-state index contributed by atoms with van der Waals surface area (Å²) >= 11 is 0. The van der Waals surface area contributed by atoms with Gasteiger partial charge in [-0.05, 0) is 72.8 Å². The third-order valence-corrected chi connectivity index (χ3v) is 10.9. The molecule has 10 rings (SSSR count). The van der Waals surface area contributed by atoms with Gasteiger partial charge in [0.15, 0.2) is 0 Å². The molecule has 0 saturated carbocycles. The molecule has 0 atom stereocenters. The van der Waals surface area contributed by atoms with Crippen molar-refractivity contribution in [3.63, 3.8) is 0 Å². The molecular weight excluding hydrogens is 963 g/mol. The fourth-order valence-electron chi connectivity index (χ4n) is 7.57. The minimum absolute atomic E-state index is 0.0414. The van der Waals surface area contributed by atoms with Gasteiger partial charge in [-0.25, -0.2) is 32.7 Å². The van der Waals surface area contributed by atoms with Crippen LogP contribution in [0.15, 0.2) is 134 Å². The van der Waals surface area contributed by atoms with Crippen molar-refractivity contribution in [1.82, 2.24) is 19.9 Å². The first-order valence-electron chi connectivity index (χ1n) is 22.5. The molecule has 4 amide bonds. The molecule has 22 heteroatoms. The van der Waals surface area contributed by atoms with Crippen molar-refractivity contribution in [3.05, 3.63) is 157 Å². The lowest BCUT2D eigenvalue weighted by molar-refractivity contribution is -0.137. The highest BCUT2D eigenvalue weighted by molar-refractivity contribution is 6.00. The molecule has 16 nitrogen and oxygen atoms in total. The number of alkyl halides is 3. The van der Waals surface area contributed by atoms with Gasteiger partial charge in [0.05, 0.1) is 66.5 Å². The smallest absolute Gasteiger partial charge is 0.416 e. The van der Waals surface area contributed by atoms with Crippen molar-refractivity contribution in [2.75, 3.05) is 83.7 Å². The second-order valence-electron chi connectivity index (χ2n) is 16.3. The summed E-state index contributed by atoms with van der Waals surface area (Å²) in [5, 5.41) is 9.71. The Morgan fingerprint density at radius 1 is 0.479 bits per heavy atom. The number of amides is 4. The van der Waals surface area contributed by atoms with Crippen LogP contribution in [-0.2, 0) is 15.7 Å². The summed E-state index contributed by atoms with van der Waals surface area (Å²) in [4.78, 5) is 47.0. The Hall–Kier alpha value is -8.76. The molecule has 2 aliphatic rings. The van der Waals surface area contributed by atoms with E-state index in [-0.39, 0.29) is 34.2 Å². The second kappa shape index (κ2) is 22.1. The van der Waals surface area contributed by atoms with Gasteiger partial charge in [0.25, 0.3) is 0 Å². The van der Waals surface area contributed by atoms with Crippen LogP contribution in [0, 0.1) is 17.5 Å². The van der Waals surface area contributed by atoms with E-state index in [2.05, 4.69) is 51.0 Å². The number of morpholine rings is 2. The van der Waals surface area contributed by atoms with Gasteiger partial charge in [-0.3, -0.25) is 9.97 Å². The van der Waals surface area contributed by atoms with E-state index < -0.39 is 41.3 Å². The lowest BCUT2D eigenvalue weighted by Gasteiger charge is -2.27. The molecule has 4 N–H and O–H groups in total. The third kappa shape index (κ3) is 13.4. The van der Waals surface area contributed by atoms with Crippen molar-refractivity contribution in [1.29, 1.82) is 0 Å². The van der Waals surface area contributed by atoms with Crippen LogP contribution < -0.4 is 40.5 Å². The number of hydrogen-bond acceptors (Lipinski definition) is 12. The molecule has 4 heterocycles. The fourth-order valence-corrected chi connectivity index (χ4v) is 7.57. The maximum atomic E-state index is 14.3. The van der Waals surface area contributed by atoms with Crippen molar-refractivity contribution >= 4 is 68.5 Å². The van der Waals surface area contributed by atoms with Crippen LogP contribution >= 0.6 is 0 Å². The maximum Gasteiger partial charge on any atom is 0.416 e. The van der Waals surface area contributed by atoms with Gasteiger partial charge in [-0.1, -0.05) is 12.1 Å². The van der Waals surface area contributed by atoms with Crippen molar-refractivity contribution in [2.24, 2.45) is 0 Å². The molecule has 8 aromatic rings. The predicted octanol–water partition coefficient (Wildman–Crippen LogP) is 11.2. The van der Waals surface area contributed by atoms with Crippen LogP contribution in [0.5, 0.6) is 23.0 Å². The summed E-state index contributed by atoms with van der Waals surface area (Å²) < 4.78 is 103. The predicted molar refractivity (Wildman–Crippen MR) is 261 cm³/mol. The molecule has 374 valence electrons. The molecule has 0 radical (unpaired) electrons. The minimum atomic E-state index is -4.55. The molecular formula is C51H42F6N10O6. The van der Waals surface area contributed by atoms with E-state index >= 15 is 0 Å². The average molecular weight is 1000 g/mol. The quantitative estimate of drug-likeness (QED) is 0.0955. The van der Waals surface area contributed by atoms with Crippen LogP contribution in [0.2, 0.25) is 0 Å². The van der Waals surface area contributed by atoms with E-state index in [4.69, 9.17) is 18.9 Å². The summed E-state index contributed by atoms with van der Waals surface area (Å²) in [6.45, 7) is 5.38. The highest BCUT2D eigenvalue weighted by Gasteiger charge is 2.30. The van der Waals surface area contributed by atoms with Gasteiger partial charge in [0.2, 0.25) is 0 Å². The van der Waals surface area contributed by atoms with Crippen LogP contribution in [-0.4, -0.2) is 84.6 Å². The summed E-state index contributed by atoms with van der Waals surface area (Å²) in [6, 6.07) is 25.8. The van der Waals surface area contributed by atoms with Gasteiger partial charge in [-0.15, -0.1) is 0 Å². The molecule has 0 aliphatic carbocycles. The molecule has 2 saturated heterocycles. The van der Waals surface area contributed by atoms with E-state index in [1.165, 1.54) is 54.6 Å². The molecule has 2 aromatic heterocycles. The van der Waals surface area contributed by atoms with E-state index in [1.807, 2.05) is 0 Å². The standard InChI is InChI=1S/C26H21F4N5O3.C25H21F2N5O3/c27-17-11-19(33-25(36)32-18-3-1-2-16(10-18)26(28,29)30)13-21(12-17)38-20-4-5-22-23(14-20)34-24(15-31-22)35-6-8-37-9-7-35;26-16-2-1-3-18(10-16)29-25(33)30-19-11-17(27)12-21(13-19)35-20-4-5-22-23(14-20)31-24(15-28-22)32-6-8-34-9-7-32/h1-5,10-15H,6-9H2,(H2,32,33,36);1-5,10-15H,6-9H2,(H2,29,30,33).